The van der Waals surface area contributed by atoms with Crippen LogP contribution in [0.3, 0.4) is 0 Å². The van der Waals surface area contributed by atoms with E-state index in [4.69, 9.17) is 0 Å². The van der Waals surface area contributed by atoms with Gasteiger partial charge < -0.3 is 9.90 Å². The van der Waals surface area contributed by atoms with Gasteiger partial charge in [-0.2, -0.15) is 0 Å². The SMILES string of the molecule is C=CCC(C=O)C1CCCC1O. The number of aldehydes is 1. The van der Waals surface area contributed by atoms with Crippen molar-refractivity contribution in [2.45, 2.75) is 31.8 Å². The molecule has 0 spiro atoms. The normalized spacial score (nSPS) is 31.4. The molecule has 0 radical (unpaired) electrons. The second-order valence-corrected chi connectivity index (χ2v) is 3.49. The average Bonchev–Trinajstić information content (AvgIpc) is 2.47. The van der Waals surface area contributed by atoms with Crippen LogP contribution in [-0.4, -0.2) is 17.5 Å². The van der Waals surface area contributed by atoms with Gasteiger partial charge in [0.15, 0.2) is 0 Å². The summed E-state index contributed by atoms with van der Waals surface area (Å²) < 4.78 is 0. The van der Waals surface area contributed by atoms with Crippen molar-refractivity contribution in [1.82, 2.24) is 0 Å². The molecule has 0 aliphatic heterocycles. The Hall–Kier alpha value is -0.630. The van der Waals surface area contributed by atoms with Crippen LogP contribution in [-0.2, 0) is 4.79 Å². The predicted molar refractivity (Wildman–Crippen MR) is 47.7 cm³/mol. The minimum absolute atomic E-state index is 0.0139. The maximum Gasteiger partial charge on any atom is 0.123 e. The third kappa shape index (κ3) is 1.95. The molecule has 2 heteroatoms. The molecule has 1 N–H and O–H groups in total. The topological polar surface area (TPSA) is 37.3 Å². The van der Waals surface area contributed by atoms with Crippen LogP contribution in [0.2, 0.25) is 0 Å². The monoisotopic (exact) mass is 168 g/mol. The lowest BCUT2D eigenvalue weighted by molar-refractivity contribution is -0.113. The Kier molecular flexibility index (Phi) is 3.48. The Morgan fingerprint density at radius 1 is 1.58 bits per heavy atom. The number of carbonyl (C=O) groups is 1. The molecule has 3 unspecified atom stereocenters. The molecular weight excluding hydrogens is 152 g/mol. The molecule has 68 valence electrons. The Balaban J connectivity index is 2.51. The van der Waals surface area contributed by atoms with Crippen molar-refractivity contribution < 1.29 is 9.90 Å². The first-order valence-corrected chi connectivity index (χ1v) is 4.54. The fraction of sp³-hybridized carbons (Fsp3) is 0.700. The van der Waals surface area contributed by atoms with Gasteiger partial charge in [-0.15, -0.1) is 6.58 Å². The van der Waals surface area contributed by atoms with Crippen molar-refractivity contribution in [3.63, 3.8) is 0 Å². The van der Waals surface area contributed by atoms with Crippen molar-refractivity contribution in [3.05, 3.63) is 12.7 Å². The smallest absolute Gasteiger partial charge is 0.123 e. The molecule has 12 heavy (non-hydrogen) atoms. The van der Waals surface area contributed by atoms with E-state index >= 15 is 0 Å². The van der Waals surface area contributed by atoms with E-state index in [1.54, 1.807) is 6.08 Å². The number of hydrogen-bond acceptors (Lipinski definition) is 2. The van der Waals surface area contributed by atoms with Gasteiger partial charge in [-0.05, 0) is 25.2 Å². The fourth-order valence-electron chi connectivity index (χ4n) is 1.99. The molecule has 0 aromatic heterocycles. The zero-order chi connectivity index (χ0) is 8.97. The van der Waals surface area contributed by atoms with Crippen LogP contribution >= 0.6 is 0 Å². The second-order valence-electron chi connectivity index (χ2n) is 3.49. The van der Waals surface area contributed by atoms with E-state index in [-0.39, 0.29) is 17.9 Å². The lowest BCUT2D eigenvalue weighted by Crippen LogP contribution is -2.23. The van der Waals surface area contributed by atoms with Crippen LogP contribution < -0.4 is 0 Å². The molecule has 0 saturated heterocycles. The second kappa shape index (κ2) is 4.41. The summed E-state index contributed by atoms with van der Waals surface area (Å²) in [6.07, 6.45) is 6.04. The van der Waals surface area contributed by atoms with Crippen molar-refractivity contribution in [2.24, 2.45) is 11.8 Å². The van der Waals surface area contributed by atoms with Crippen LogP contribution in [0.4, 0.5) is 0 Å². The largest absolute Gasteiger partial charge is 0.393 e. The van der Waals surface area contributed by atoms with Gasteiger partial charge in [0.2, 0.25) is 0 Å². The summed E-state index contributed by atoms with van der Waals surface area (Å²) in [5, 5.41) is 9.52. The molecule has 1 aliphatic rings. The number of rotatable bonds is 4. The highest BCUT2D eigenvalue weighted by Crippen LogP contribution is 2.32. The molecule has 3 atom stereocenters. The number of carbonyl (C=O) groups excluding carboxylic acids is 1. The van der Waals surface area contributed by atoms with Gasteiger partial charge in [0.25, 0.3) is 0 Å². The minimum Gasteiger partial charge on any atom is -0.393 e. The maximum absolute atomic E-state index is 10.7. The van der Waals surface area contributed by atoms with Gasteiger partial charge in [0.05, 0.1) is 6.10 Å². The zero-order valence-electron chi connectivity index (χ0n) is 7.28. The van der Waals surface area contributed by atoms with Gasteiger partial charge in [-0.1, -0.05) is 12.5 Å². The molecule has 0 aromatic carbocycles. The number of hydrogen-bond donors (Lipinski definition) is 1. The lowest BCUT2D eigenvalue weighted by Gasteiger charge is -2.19. The van der Waals surface area contributed by atoms with Crippen LogP contribution in [0.25, 0.3) is 0 Å². The van der Waals surface area contributed by atoms with Gasteiger partial charge >= 0.3 is 0 Å². The zero-order valence-corrected chi connectivity index (χ0v) is 7.28. The highest BCUT2D eigenvalue weighted by atomic mass is 16.3. The summed E-state index contributed by atoms with van der Waals surface area (Å²) in [7, 11) is 0. The van der Waals surface area contributed by atoms with E-state index in [9.17, 15) is 9.90 Å². The number of aliphatic hydroxyl groups excluding tert-OH is 1. The van der Waals surface area contributed by atoms with Gasteiger partial charge in [0.1, 0.15) is 6.29 Å². The van der Waals surface area contributed by atoms with Crippen molar-refractivity contribution in [3.8, 4) is 0 Å². The molecular formula is C10H16O2. The first-order chi connectivity index (χ1) is 5.79. The predicted octanol–water partition coefficient (Wildman–Crippen LogP) is 1.54. The average molecular weight is 168 g/mol. The molecule has 1 saturated carbocycles. The summed E-state index contributed by atoms with van der Waals surface area (Å²) in [4.78, 5) is 10.7. The summed E-state index contributed by atoms with van der Waals surface area (Å²) in [6.45, 7) is 3.60. The van der Waals surface area contributed by atoms with E-state index in [0.29, 0.717) is 6.42 Å². The van der Waals surface area contributed by atoms with Gasteiger partial charge in [0, 0.05) is 5.92 Å². The third-order valence-electron chi connectivity index (χ3n) is 2.70. The fourth-order valence-corrected chi connectivity index (χ4v) is 1.99. The van der Waals surface area contributed by atoms with E-state index < -0.39 is 0 Å². The van der Waals surface area contributed by atoms with Gasteiger partial charge in [-0.25, -0.2) is 0 Å². The molecule has 2 nitrogen and oxygen atoms in total. The Morgan fingerprint density at radius 2 is 2.33 bits per heavy atom. The molecule has 0 heterocycles. The van der Waals surface area contributed by atoms with E-state index in [1.165, 1.54) is 0 Å². The van der Waals surface area contributed by atoms with E-state index in [0.717, 1.165) is 25.5 Å². The molecule has 0 amide bonds. The summed E-state index contributed by atoms with van der Waals surface area (Å²) >= 11 is 0. The Bertz CT molecular complexity index is 165. The lowest BCUT2D eigenvalue weighted by atomic mass is 9.88. The molecule has 1 rings (SSSR count). The van der Waals surface area contributed by atoms with Crippen LogP contribution in [0.5, 0.6) is 0 Å². The quantitative estimate of drug-likeness (QED) is 0.510. The van der Waals surface area contributed by atoms with E-state index in [2.05, 4.69) is 6.58 Å². The minimum atomic E-state index is -0.264. The van der Waals surface area contributed by atoms with Gasteiger partial charge in [-0.3, -0.25) is 0 Å². The molecule has 1 aliphatic carbocycles. The molecule has 1 fully saturated rings. The first-order valence-electron chi connectivity index (χ1n) is 4.54. The highest BCUT2D eigenvalue weighted by Gasteiger charge is 2.31. The number of aliphatic hydroxyl groups is 1. The van der Waals surface area contributed by atoms with E-state index in [1.807, 2.05) is 0 Å². The Labute approximate surface area is 73.3 Å². The molecule has 0 aromatic rings. The standard InChI is InChI=1S/C10H16O2/c1-2-4-8(7-11)9-5-3-6-10(9)12/h2,7-10,12H,1,3-6H2. The summed E-state index contributed by atoms with van der Waals surface area (Å²) in [5.41, 5.74) is 0. The van der Waals surface area contributed by atoms with Crippen LogP contribution in [0, 0.1) is 11.8 Å². The first kappa shape index (κ1) is 9.46. The van der Waals surface area contributed by atoms with Crippen LogP contribution in [0.1, 0.15) is 25.7 Å². The number of allylic oxidation sites excluding steroid dienone is 1. The van der Waals surface area contributed by atoms with Crippen LogP contribution in [0.15, 0.2) is 12.7 Å². The van der Waals surface area contributed by atoms with Crippen molar-refractivity contribution in [2.75, 3.05) is 0 Å². The highest BCUT2D eigenvalue weighted by molar-refractivity contribution is 5.54. The summed E-state index contributed by atoms with van der Waals surface area (Å²) in [6, 6.07) is 0. The van der Waals surface area contributed by atoms with Crippen molar-refractivity contribution >= 4 is 6.29 Å². The van der Waals surface area contributed by atoms with Crippen molar-refractivity contribution in [1.29, 1.82) is 0 Å². The Morgan fingerprint density at radius 3 is 2.75 bits per heavy atom. The maximum atomic E-state index is 10.7. The third-order valence-corrected chi connectivity index (χ3v) is 2.70. The molecule has 0 bridgehead atoms. The summed E-state index contributed by atoms with van der Waals surface area (Å²) in [5.74, 6) is 0.167.